The predicted molar refractivity (Wildman–Crippen MR) is 115 cm³/mol. The molecule has 2 aromatic rings. The molecular formula is C22H25N3O4S. The number of sulfonamides is 1. The molecule has 1 fully saturated rings. The fourth-order valence-electron chi connectivity index (χ4n) is 4.04. The number of carbonyl (C=O) groups is 1. The van der Waals surface area contributed by atoms with E-state index in [1.165, 1.54) is 0 Å². The molecule has 0 radical (unpaired) electrons. The number of para-hydroxylation sites is 1. The summed E-state index contributed by atoms with van der Waals surface area (Å²) in [5.41, 5.74) is 1.88. The van der Waals surface area contributed by atoms with Crippen molar-refractivity contribution in [3.8, 4) is 0 Å². The molecule has 4 rings (SSSR count). The Morgan fingerprint density at radius 2 is 1.93 bits per heavy atom. The first-order valence-corrected chi connectivity index (χ1v) is 11.5. The summed E-state index contributed by atoms with van der Waals surface area (Å²) < 4.78 is 31.6. The highest BCUT2D eigenvalue weighted by Gasteiger charge is 2.52. The molecule has 2 atom stereocenters. The second-order valence-electron chi connectivity index (χ2n) is 7.82. The Kier molecular flexibility index (Phi) is 5.38. The summed E-state index contributed by atoms with van der Waals surface area (Å²) in [7, 11) is -3.79. The van der Waals surface area contributed by atoms with Gasteiger partial charge in [0.2, 0.25) is 0 Å². The number of nitrogens with one attached hydrogen (secondary N) is 2. The Bertz CT molecular complexity index is 1100. The molecule has 0 bridgehead atoms. The van der Waals surface area contributed by atoms with Gasteiger partial charge in [-0.2, -0.15) is 13.5 Å². The SMILES string of the molecule is CCC[C@@H]1C/C(=N/NS(=O)(=O)c2ccc(C)cc2)C[C@@]2(O1)C(=O)Nc1ccccc12. The summed E-state index contributed by atoms with van der Waals surface area (Å²) in [6, 6.07) is 14.0. The van der Waals surface area contributed by atoms with Crippen molar-refractivity contribution < 1.29 is 17.9 Å². The van der Waals surface area contributed by atoms with Gasteiger partial charge in [-0.25, -0.2) is 4.83 Å². The van der Waals surface area contributed by atoms with Gasteiger partial charge in [-0.3, -0.25) is 4.79 Å². The molecule has 2 aromatic carbocycles. The highest BCUT2D eigenvalue weighted by molar-refractivity contribution is 7.89. The zero-order valence-corrected chi connectivity index (χ0v) is 17.8. The van der Waals surface area contributed by atoms with Gasteiger partial charge in [0.15, 0.2) is 5.60 Å². The van der Waals surface area contributed by atoms with E-state index in [2.05, 4.69) is 15.2 Å². The minimum atomic E-state index is -3.79. The first-order valence-electron chi connectivity index (χ1n) is 10.1. The third-order valence-electron chi connectivity index (χ3n) is 5.53. The van der Waals surface area contributed by atoms with Crippen LogP contribution in [-0.4, -0.2) is 26.1 Å². The monoisotopic (exact) mass is 427 g/mol. The van der Waals surface area contributed by atoms with E-state index in [1.807, 2.05) is 38.1 Å². The summed E-state index contributed by atoms with van der Waals surface area (Å²) in [6.45, 7) is 3.94. The zero-order valence-electron chi connectivity index (χ0n) is 17.0. The van der Waals surface area contributed by atoms with E-state index >= 15 is 0 Å². The first kappa shape index (κ1) is 20.6. The summed E-state index contributed by atoms with van der Waals surface area (Å²) in [5, 5.41) is 7.12. The lowest BCUT2D eigenvalue weighted by Crippen LogP contribution is -2.47. The molecule has 2 heterocycles. The molecule has 2 aliphatic rings. The molecule has 0 aromatic heterocycles. The van der Waals surface area contributed by atoms with E-state index in [0.29, 0.717) is 12.1 Å². The van der Waals surface area contributed by atoms with Gasteiger partial charge in [0.05, 0.1) is 11.0 Å². The van der Waals surface area contributed by atoms with Crippen LogP contribution in [0.2, 0.25) is 0 Å². The standard InChI is InChI=1S/C22H25N3O4S/c1-3-6-17-13-16(24-25-30(27,28)18-11-9-15(2)10-12-18)14-22(29-17)19-7-4-5-8-20(19)23-21(22)26/h4-5,7-12,17,25H,3,6,13-14H2,1-2H3,(H,23,26)/b24-16-/t17-,22+/m1/s1. The molecule has 8 heteroatoms. The number of amides is 1. The molecule has 0 aliphatic carbocycles. The molecule has 1 amide bonds. The van der Waals surface area contributed by atoms with Crippen molar-refractivity contribution in [3.05, 3.63) is 59.7 Å². The van der Waals surface area contributed by atoms with E-state index in [-0.39, 0.29) is 23.3 Å². The zero-order chi connectivity index (χ0) is 21.4. The molecule has 158 valence electrons. The van der Waals surface area contributed by atoms with E-state index in [1.54, 1.807) is 24.3 Å². The Morgan fingerprint density at radius 1 is 1.20 bits per heavy atom. The van der Waals surface area contributed by atoms with Crippen molar-refractivity contribution in [2.24, 2.45) is 5.10 Å². The summed E-state index contributed by atoms with van der Waals surface area (Å²) >= 11 is 0. The first-order chi connectivity index (χ1) is 14.3. The maximum absolute atomic E-state index is 12.9. The highest BCUT2D eigenvalue weighted by Crippen LogP contribution is 2.45. The summed E-state index contributed by atoms with van der Waals surface area (Å²) in [5.74, 6) is -0.237. The van der Waals surface area contributed by atoms with Crippen LogP contribution in [0.1, 0.15) is 43.7 Å². The third kappa shape index (κ3) is 3.73. The van der Waals surface area contributed by atoms with Crippen molar-refractivity contribution in [1.82, 2.24) is 4.83 Å². The van der Waals surface area contributed by atoms with Gasteiger partial charge in [0.25, 0.3) is 15.9 Å². The fraction of sp³-hybridized carbons (Fsp3) is 0.364. The largest absolute Gasteiger partial charge is 0.356 e. The number of hydrogen-bond acceptors (Lipinski definition) is 5. The molecule has 1 spiro atoms. The maximum atomic E-state index is 12.9. The lowest BCUT2D eigenvalue weighted by molar-refractivity contribution is -0.153. The van der Waals surface area contributed by atoms with Crippen LogP contribution >= 0.6 is 0 Å². The van der Waals surface area contributed by atoms with E-state index in [4.69, 9.17) is 4.74 Å². The van der Waals surface area contributed by atoms with Crippen molar-refractivity contribution in [2.45, 2.75) is 56.1 Å². The van der Waals surface area contributed by atoms with Crippen LogP contribution in [0.5, 0.6) is 0 Å². The average molecular weight is 428 g/mol. The van der Waals surface area contributed by atoms with Crippen LogP contribution in [0.25, 0.3) is 0 Å². The van der Waals surface area contributed by atoms with Gasteiger partial charge in [0.1, 0.15) is 0 Å². The molecule has 30 heavy (non-hydrogen) atoms. The number of hydrazone groups is 1. The number of rotatable bonds is 5. The summed E-state index contributed by atoms with van der Waals surface area (Å²) in [4.78, 5) is 15.4. The molecule has 1 saturated heterocycles. The van der Waals surface area contributed by atoms with E-state index < -0.39 is 15.6 Å². The Labute approximate surface area is 176 Å². The van der Waals surface area contributed by atoms with Crippen LogP contribution < -0.4 is 10.1 Å². The Balaban J connectivity index is 1.65. The van der Waals surface area contributed by atoms with Gasteiger partial charge < -0.3 is 10.1 Å². The van der Waals surface area contributed by atoms with Crippen molar-refractivity contribution in [2.75, 3.05) is 5.32 Å². The molecular weight excluding hydrogens is 402 g/mol. The van der Waals surface area contributed by atoms with Gasteiger partial charge in [-0.15, -0.1) is 0 Å². The normalized spacial score (nSPS) is 24.7. The van der Waals surface area contributed by atoms with Gasteiger partial charge in [-0.1, -0.05) is 49.2 Å². The number of ether oxygens (including phenoxy) is 1. The third-order valence-corrected chi connectivity index (χ3v) is 6.75. The van der Waals surface area contributed by atoms with Gasteiger partial charge >= 0.3 is 0 Å². The fourth-order valence-corrected chi connectivity index (χ4v) is 4.88. The topological polar surface area (TPSA) is 96.9 Å². The Hall–Kier alpha value is -2.71. The van der Waals surface area contributed by atoms with Crippen LogP contribution in [-0.2, 0) is 25.2 Å². The van der Waals surface area contributed by atoms with Crippen molar-refractivity contribution in [1.29, 1.82) is 0 Å². The number of fused-ring (bicyclic) bond motifs is 2. The highest BCUT2D eigenvalue weighted by atomic mass is 32.2. The van der Waals surface area contributed by atoms with E-state index in [9.17, 15) is 13.2 Å². The molecule has 0 saturated carbocycles. The lowest BCUT2D eigenvalue weighted by atomic mass is 9.84. The number of nitrogens with zero attached hydrogens (tertiary/aromatic N) is 1. The van der Waals surface area contributed by atoms with E-state index in [0.717, 1.165) is 29.7 Å². The maximum Gasteiger partial charge on any atom is 0.276 e. The molecule has 2 aliphatic heterocycles. The quantitative estimate of drug-likeness (QED) is 0.714. The average Bonchev–Trinajstić information content (AvgIpc) is 2.98. The number of hydrogen-bond donors (Lipinski definition) is 2. The number of benzene rings is 2. The van der Waals surface area contributed by atoms with Crippen LogP contribution in [0.3, 0.4) is 0 Å². The Morgan fingerprint density at radius 3 is 2.67 bits per heavy atom. The van der Waals surface area contributed by atoms with Crippen molar-refractivity contribution in [3.63, 3.8) is 0 Å². The van der Waals surface area contributed by atoms with Crippen LogP contribution in [0.15, 0.2) is 58.5 Å². The van der Waals surface area contributed by atoms with Gasteiger partial charge in [0, 0.05) is 29.8 Å². The van der Waals surface area contributed by atoms with Crippen LogP contribution in [0.4, 0.5) is 5.69 Å². The predicted octanol–water partition coefficient (Wildman–Crippen LogP) is 3.46. The number of carbonyl (C=O) groups excluding carboxylic acids is 1. The second kappa shape index (κ2) is 7.85. The number of aryl methyl sites for hydroxylation is 1. The minimum absolute atomic E-state index is 0.147. The van der Waals surface area contributed by atoms with Gasteiger partial charge in [-0.05, 0) is 31.5 Å². The minimum Gasteiger partial charge on any atom is -0.356 e. The molecule has 0 unspecified atom stereocenters. The van der Waals surface area contributed by atoms with Crippen molar-refractivity contribution >= 4 is 27.3 Å². The van der Waals surface area contributed by atoms with Crippen LogP contribution in [0, 0.1) is 6.92 Å². The molecule has 7 nitrogen and oxygen atoms in total. The second-order valence-corrected chi connectivity index (χ2v) is 9.48. The summed E-state index contributed by atoms with van der Waals surface area (Å²) in [6.07, 6.45) is 2.09. The lowest BCUT2D eigenvalue weighted by Gasteiger charge is -2.37. The molecule has 2 N–H and O–H groups in total. The smallest absolute Gasteiger partial charge is 0.276 e. The number of anilines is 1.